The standard InChI is InChI=1S/C23H20ClN2O5P/c1-17(23(27)29-16-18-8-4-2-5-9-18)26-32(28,30-21-10-6-3-7-11-21)31-22-13-12-20(24)14-19(22)15-25/h2-14,17H,16H2,1H3,(H,26,28)/t17-,32?/m0/s1. The number of esters is 1. The second-order valence-corrected chi connectivity index (χ2v) is 8.74. The van der Waals surface area contributed by atoms with Crippen LogP contribution in [0.1, 0.15) is 18.1 Å². The van der Waals surface area contributed by atoms with Crippen LogP contribution in [0.5, 0.6) is 11.5 Å². The van der Waals surface area contributed by atoms with Crippen LogP contribution >= 0.6 is 19.3 Å². The summed E-state index contributed by atoms with van der Waals surface area (Å²) in [7, 11) is -4.17. The minimum atomic E-state index is -4.17. The molecule has 2 atom stereocenters. The van der Waals surface area contributed by atoms with Crippen molar-refractivity contribution < 1.29 is 23.1 Å². The molecular weight excluding hydrogens is 451 g/mol. The molecule has 1 unspecified atom stereocenters. The molecule has 0 aliphatic carbocycles. The first-order chi connectivity index (χ1) is 15.4. The van der Waals surface area contributed by atoms with Crippen LogP contribution < -0.4 is 14.1 Å². The van der Waals surface area contributed by atoms with Crippen molar-refractivity contribution in [1.29, 1.82) is 5.26 Å². The van der Waals surface area contributed by atoms with Crippen LogP contribution in [-0.2, 0) is 20.7 Å². The van der Waals surface area contributed by atoms with Crippen molar-refractivity contribution in [1.82, 2.24) is 5.09 Å². The summed E-state index contributed by atoms with van der Waals surface area (Å²) in [5.74, 6) is -0.403. The Balaban J connectivity index is 1.78. The summed E-state index contributed by atoms with van der Waals surface area (Å²) < 4.78 is 30.1. The highest BCUT2D eigenvalue weighted by atomic mass is 35.5. The van der Waals surface area contributed by atoms with Crippen molar-refractivity contribution in [2.24, 2.45) is 0 Å². The molecule has 0 saturated heterocycles. The zero-order chi connectivity index (χ0) is 23.0. The van der Waals surface area contributed by atoms with Gasteiger partial charge >= 0.3 is 13.7 Å². The maximum absolute atomic E-state index is 13.6. The van der Waals surface area contributed by atoms with Gasteiger partial charge in [-0.3, -0.25) is 4.79 Å². The zero-order valence-electron chi connectivity index (χ0n) is 17.1. The Morgan fingerprint density at radius 1 is 1.06 bits per heavy atom. The van der Waals surface area contributed by atoms with Gasteiger partial charge in [0.15, 0.2) is 0 Å². The number of hydrogen-bond acceptors (Lipinski definition) is 6. The van der Waals surface area contributed by atoms with E-state index in [1.807, 2.05) is 36.4 Å². The second-order valence-electron chi connectivity index (χ2n) is 6.69. The molecule has 0 radical (unpaired) electrons. The van der Waals surface area contributed by atoms with Crippen LogP contribution in [0.2, 0.25) is 5.02 Å². The fourth-order valence-corrected chi connectivity index (χ4v) is 4.35. The Morgan fingerprint density at radius 2 is 1.72 bits per heavy atom. The molecule has 32 heavy (non-hydrogen) atoms. The van der Waals surface area contributed by atoms with Gasteiger partial charge in [-0.05, 0) is 42.8 Å². The summed E-state index contributed by atoms with van der Waals surface area (Å²) >= 11 is 5.92. The number of nitrogens with zero attached hydrogens (tertiary/aromatic N) is 1. The Bertz CT molecular complexity index is 1150. The van der Waals surface area contributed by atoms with Gasteiger partial charge in [0, 0.05) is 5.02 Å². The van der Waals surface area contributed by atoms with Crippen molar-refractivity contribution >= 4 is 25.3 Å². The van der Waals surface area contributed by atoms with Gasteiger partial charge in [0.25, 0.3) is 0 Å². The zero-order valence-corrected chi connectivity index (χ0v) is 18.8. The van der Waals surface area contributed by atoms with Gasteiger partial charge in [0.05, 0.1) is 5.56 Å². The quantitative estimate of drug-likeness (QED) is 0.325. The van der Waals surface area contributed by atoms with E-state index in [1.165, 1.54) is 25.1 Å². The first kappa shape index (κ1) is 23.4. The highest BCUT2D eigenvalue weighted by Crippen LogP contribution is 2.46. The van der Waals surface area contributed by atoms with Crippen LogP contribution in [0.3, 0.4) is 0 Å². The molecule has 1 N–H and O–H groups in total. The second kappa shape index (κ2) is 10.8. The van der Waals surface area contributed by atoms with E-state index in [0.717, 1.165) is 5.56 Å². The molecule has 0 fully saturated rings. The summed E-state index contributed by atoms with van der Waals surface area (Å²) in [5, 5.41) is 12.3. The maximum atomic E-state index is 13.6. The van der Waals surface area contributed by atoms with E-state index in [-0.39, 0.29) is 23.7 Å². The third-order valence-electron chi connectivity index (χ3n) is 4.18. The highest BCUT2D eigenvalue weighted by molar-refractivity contribution is 7.52. The normalized spacial score (nSPS) is 13.3. The number of ether oxygens (including phenoxy) is 1. The minimum Gasteiger partial charge on any atom is -0.460 e. The first-order valence-electron chi connectivity index (χ1n) is 9.61. The van der Waals surface area contributed by atoms with Crippen LogP contribution in [0, 0.1) is 11.3 Å². The monoisotopic (exact) mass is 470 g/mol. The number of carbonyl (C=O) groups is 1. The molecule has 0 aliphatic rings. The summed E-state index contributed by atoms with van der Waals surface area (Å²) in [6.45, 7) is 1.54. The molecule has 0 aliphatic heterocycles. The van der Waals surface area contributed by atoms with Gasteiger partial charge in [-0.15, -0.1) is 0 Å². The van der Waals surface area contributed by atoms with Crippen molar-refractivity contribution in [2.45, 2.75) is 19.6 Å². The van der Waals surface area contributed by atoms with Crippen LogP contribution in [0.4, 0.5) is 0 Å². The van der Waals surface area contributed by atoms with E-state index in [0.29, 0.717) is 5.02 Å². The van der Waals surface area contributed by atoms with Gasteiger partial charge < -0.3 is 13.8 Å². The molecule has 0 spiro atoms. The fourth-order valence-electron chi connectivity index (χ4n) is 2.63. The lowest BCUT2D eigenvalue weighted by Gasteiger charge is -2.23. The Labute approximate surface area is 191 Å². The average Bonchev–Trinajstić information content (AvgIpc) is 2.79. The average molecular weight is 471 g/mol. The molecule has 0 saturated carbocycles. The molecule has 164 valence electrons. The lowest BCUT2D eigenvalue weighted by Crippen LogP contribution is -2.35. The molecule has 0 amide bonds. The number of hydrogen-bond donors (Lipinski definition) is 1. The summed E-state index contributed by atoms with van der Waals surface area (Å²) in [6, 6.07) is 22.7. The van der Waals surface area contributed by atoms with Crippen molar-refractivity contribution in [2.75, 3.05) is 0 Å². The van der Waals surface area contributed by atoms with E-state index in [2.05, 4.69) is 5.09 Å². The largest absolute Gasteiger partial charge is 0.513 e. The number of rotatable bonds is 9. The Morgan fingerprint density at radius 3 is 2.38 bits per heavy atom. The van der Waals surface area contributed by atoms with Crippen LogP contribution in [-0.4, -0.2) is 12.0 Å². The number of carbonyl (C=O) groups excluding carboxylic acids is 1. The molecule has 3 rings (SSSR count). The Kier molecular flexibility index (Phi) is 7.91. The van der Waals surface area contributed by atoms with E-state index >= 15 is 0 Å². The van der Waals surface area contributed by atoms with Crippen LogP contribution in [0.15, 0.2) is 78.9 Å². The molecule has 7 nitrogen and oxygen atoms in total. The van der Waals surface area contributed by atoms with Crippen LogP contribution in [0.25, 0.3) is 0 Å². The van der Waals surface area contributed by atoms with Crippen molar-refractivity contribution in [3.63, 3.8) is 0 Å². The predicted octanol–water partition coefficient (Wildman–Crippen LogP) is 5.50. The fraction of sp³-hybridized carbons (Fsp3) is 0.130. The number of benzene rings is 3. The van der Waals surface area contributed by atoms with Gasteiger partial charge in [0.1, 0.15) is 30.2 Å². The summed E-state index contributed by atoms with van der Waals surface area (Å²) in [5.41, 5.74) is 0.878. The molecular formula is C23H20ClN2O5P. The SMILES string of the molecule is C[C@H](NP(=O)(Oc1ccccc1)Oc1ccc(Cl)cc1C#N)C(=O)OCc1ccccc1. The summed E-state index contributed by atoms with van der Waals surface area (Å²) in [4.78, 5) is 12.5. The molecule has 3 aromatic carbocycles. The van der Waals surface area contributed by atoms with Gasteiger partial charge in [-0.25, -0.2) is 4.57 Å². The van der Waals surface area contributed by atoms with E-state index in [1.54, 1.807) is 30.3 Å². The number of halogens is 1. The molecule has 3 aromatic rings. The molecule has 9 heteroatoms. The number of para-hydroxylation sites is 1. The summed E-state index contributed by atoms with van der Waals surface area (Å²) in [6.07, 6.45) is 0. The number of nitrogens with one attached hydrogen (secondary N) is 1. The molecule has 0 heterocycles. The number of nitriles is 1. The third-order valence-corrected chi connectivity index (χ3v) is 6.01. The van der Waals surface area contributed by atoms with E-state index in [9.17, 15) is 14.6 Å². The predicted molar refractivity (Wildman–Crippen MR) is 120 cm³/mol. The van der Waals surface area contributed by atoms with Gasteiger partial charge in [0.2, 0.25) is 0 Å². The minimum absolute atomic E-state index is 0.00600. The van der Waals surface area contributed by atoms with Crippen molar-refractivity contribution in [3.05, 3.63) is 95.0 Å². The smallest absolute Gasteiger partial charge is 0.460 e. The van der Waals surface area contributed by atoms with Crippen molar-refractivity contribution in [3.8, 4) is 17.6 Å². The maximum Gasteiger partial charge on any atom is 0.513 e. The first-order valence-corrected chi connectivity index (χ1v) is 11.5. The third kappa shape index (κ3) is 6.60. The molecule has 0 aromatic heterocycles. The van der Waals surface area contributed by atoms with Gasteiger partial charge in [-0.1, -0.05) is 60.1 Å². The van der Waals surface area contributed by atoms with E-state index < -0.39 is 19.8 Å². The Hall–Kier alpha value is -3.30. The van der Waals surface area contributed by atoms with Gasteiger partial charge in [-0.2, -0.15) is 10.3 Å². The lowest BCUT2D eigenvalue weighted by molar-refractivity contribution is -0.146. The topological polar surface area (TPSA) is 97.6 Å². The lowest BCUT2D eigenvalue weighted by atomic mass is 10.2. The van der Waals surface area contributed by atoms with E-state index in [4.69, 9.17) is 25.4 Å². The highest BCUT2D eigenvalue weighted by Gasteiger charge is 2.34. The molecule has 0 bridgehead atoms.